The number of alkyl carbamates (subject to hydrolysis) is 1. The number of benzene rings is 1. The van der Waals surface area contributed by atoms with Gasteiger partial charge in [0.1, 0.15) is 0 Å². The summed E-state index contributed by atoms with van der Waals surface area (Å²) in [7, 11) is 0. The molecular formula is C18H23F3N2O3. The first-order valence-electron chi connectivity index (χ1n) is 8.71. The summed E-state index contributed by atoms with van der Waals surface area (Å²) in [6.07, 6.45) is -1.96. The number of ether oxygens (including phenoxy) is 1. The number of halogens is 3. The Hall–Kier alpha value is -2.25. The Morgan fingerprint density at radius 1 is 1.19 bits per heavy atom. The summed E-state index contributed by atoms with van der Waals surface area (Å²) in [5, 5.41) is 2.78. The zero-order valence-electron chi connectivity index (χ0n) is 14.6. The number of rotatable bonds is 5. The molecule has 1 N–H and O–H groups in total. The molecule has 0 aromatic heterocycles. The van der Waals surface area contributed by atoms with Crippen molar-refractivity contribution in [3.63, 3.8) is 0 Å². The number of amides is 2. The number of unbranched alkanes of at least 4 members (excludes halogenated alkanes) is 1. The highest BCUT2D eigenvalue weighted by molar-refractivity contribution is 5.94. The number of piperidine rings is 1. The van der Waals surface area contributed by atoms with E-state index in [1.54, 1.807) is 4.90 Å². The van der Waals surface area contributed by atoms with Crippen LogP contribution in [0.15, 0.2) is 24.3 Å². The lowest BCUT2D eigenvalue weighted by Crippen LogP contribution is -2.46. The Morgan fingerprint density at radius 2 is 1.81 bits per heavy atom. The molecule has 0 unspecified atom stereocenters. The third kappa shape index (κ3) is 5.64. The molecule has 1 aromatic rings. The summed E-state index contributed by atoms with van der Waals surface area (Å²) in [6, 6.07) is 4.14. The molecule has 1 fully saturated rings. The van der Waals surface area contributed by atoms with E-state index in [1.165, 1.54) is 12.1 Å². The minimum Gasteiger partial charge on any atom is -0.450 e. The maximum Gasteiger partial charge on any atom is 0.416 e. The van der Waals surface area contributed by atoms with Crippen LogP contribution in [0.5, 0.6) is 0 Å². The van der Waals surface area contributed by atoms with Gasteiger partial charge in [-0.2, -0.15) is 13.2 Å². The van der Waals surface area contributed by atoms with Crippen molar-refractivity contribution in [1.82, 2.24) is 10.2 Å². The molecule has 1 aromatic carbocycles. The number of nitrogens with one attached hydrogen (secondary N) is 1. The highest BCUT2D eigenvalue weighted by Crippen LogP contribution is 2.29. The third-order valence-electron chi connectivity index (χ3n) is 4.29. The van der Waals surface area contributed by atoms with Crippen molar-refractivity contribution in [2.24, 2.45) is 0 Å². The van der Waals surface area contributed by atoms with Gasteiger partial charge < -0.3 is 15.0 Å². The molecule has 1 aliphatic heterocycles. The molecule has 2 rings (SSSR count). The Kier molecular flexibility index (Phi) is 6.88. The average molecular weight is 372 g/mol. The van der Waals surface area contributed by atoms with Crippen molar-refractivity contribution in [1.29, 1.82) is 0 Å². The summed E-state index contributed by atoms with van der Waals surface area (Å²) < 4.78 is 42.8. The number of carbonyl (C=O) groups is 2. The fourth-order valence-corrected chi connectivity index (χ4v) is 2.73. The van der Waals surface area contributed by atoms with E-state index >= 15 is 0 Å². The molecule has 1 aliphatic rings. The molecule has 144 valence electrons. The van der Waals surface area contributed by atoms with Gasteiger partial charge in [-0.3, -0.25) is 4.79 Å². The van der Waals surface area contributed by atoms with E-state index in [9.17, 15) is 22.8 Å². The molecule has 0 aliphatic carbocycles. The van der Waals surface area contributed by atoms with Crippen LogP contribution in [0, 0.1) is 0 Å². The minimum absolute atomic E-state index is 0.0687. The normalized spacial score (nSPS) is 15.6. The lowest BCUT2D eigenvalue weighted by Gasteiger charge is -2.32. The van der Waals surface area contributed by atoms with Crippen LogP contribution in [0.3, 0.4) is 0 Å². The fraction of sp³-hybridized carbons (Fsp3) is 0.556. The second-order valence-electron chi connectivity index (χ2n) is 6.28. The van der Waals surface area contributed by atoms with Gasteiger partial charge in [-0.05, 0) is 43.5 Å². The Bertz CT molecular complexity index is 609. The van der Waals surface area contributed by atoms with Crippen LogP contribution in [0.2, 0.25) is 0 Å². The molecule has 0 saturated carbocycles. The predicted molar refractivity (Wildman–Crippen MR) is 89.8 cm³/mol. The van der Waals surface area contributed by atoms with Gasteiger partial charge >= 0.3 is 12.3 Å². The second kappa shape index (κ2) is 8.91. The predicted octanol–water partition coefficient (Wildman–Crippen LogP) is 3.84. The zero-order valence-corrected chi connectivity index (χ0v) is 14.6. The molecule has 26 heavy (non-hydrogen) atoms. The van der Waals surface area contributed by atoms with Crippen molar-refractivity contribution >= 4 is 12.0 Å². The van der Waals surface area contributed by atoms with E-state index < -0.39 is 17.8 Å². The van der Waals surface area contributed by atoms with Gasteiger partial charge in [0.05, 0.1) is 12.2 Å². The van der Waals surface area contributed by atoms with E-state index in [2.05, 4.69) is 5.32 Å². The van der Waals surface area contributed by atoms with E-state index in [4.69, 9.17) is 4.74 Å². The molecule has 8 heteroatoms. The molecule has 1 heterocycles. The van der Waals surface area contributed by atoms with Crippen molar-refractivity contribution in [2.75, 3.05) is 19.7 Å². The largest absolute Gasteiger partial charge is 0.450 e. The number of likely N-dealkylation sites (tertiary alicyclic amines) is 1. The van der Waals surface area contributed by atoms with Gasteiger partial charge in [0.15, 0.2) is 0 Å². The monoisotopic (exact) mass is 372 g/mol. The Morgan fingerprint density at radius 3 is 2.35 bits per heavy atom. The molecule has 0 atom stereocenters. The minimum atomic E-state index is -4.42. The number of nitrogens with zero attached hydrogens (tertiary/aromatic N) is 1. The van der Waals surface area contributed by atoms with Crippen LogP contribution < -0.4 is 5.32 Å². The molecule has 2 amide bonds. The van der Waals surface area contributed by atoms with Crippen molar-refractivity contribution in [3.8, 4) is 0 Å². The van der Waals surface area contributed by atoms with E-state index in [0.717, 1.165) is 25.0 Å². The average Bonchev–Trinajstić information content (AvgIpc) is 2.61. The van der Waals surface area contributed by atoms with Gasteiger partial charge in [0.2, 0.25) is 0 Å². The zero-order chi connectivity index (χ0) is 19.2. The van der Waals surface area contributed by atoms with Crippen LogP contribution >= 0.6 is 0 Å². The maximum absolute atomic E-state index is 12.6. The first-order chi connectivity index (χ1) is 12.3. The first-order valence-corrected chi connectivity index (χ1v) is 8.71. The molecular weight excluding hydrogens is 349 g/mol. The van der Waals surface area contributed by atoms with Gasteiger partial charge in [0, 0.05) is 24.7 Å². The van der Waals surface area contributed by atoms with Crippen LogP contribution in [-0.4, -0.2) is 42.6 Å². The molecule has 5 nitrogen and oxygen atoms in total. The van der Waals surface area contributed by atoms with Crippen LogP contribution in [0.1, 0.15) is 48.5 Å². The van der Waals surface area contributed by atoms with Gasteiger partial charge in [-0.1, -0.05) is 13.3 Å². The smallest absolute Gasteiger partial charge is 0.416 e. The van der Waals surface area contributed by atoms with E-state index in [1.807, 2.05) is 6.92 Å². The number of carbonyl (C=O) groups excluding carboxylic acids is 2. The Balaban J connectivity index is 1.82. The standard InChI is InChI=1S/C18H23F3N2O3/c1-2-3-12-26-17(25)22-15-8-10-23(11-9-15)16(24)13-4-6-14(7-5-13)18(19,20)21/h4-7,15H,2-3,8-12H2,1H3,(H,22,25). The molecule has 0 bridgehead atoms. The number of hydrogen-bond donors (Lipinski definition) is 1. The van der Waals surface area contributed by atoms with E-state index in [0.29, 0.717) is 32.5 Å². The van der Waals surface area contributed by atoms with Gasteiger partial charge in [0.25, 0.3) is 5.91 Å². The van der Waals surface area contributed by atoms with Gasteiger partial charge in [-0.15, -0.1) is 0 Å². The topological polar surface area (TPSA) is 58.6 Å². The summed E-state index contributed by atoms with van der Waals surface area (Å²) in [5.74, 6) is -0.303. The van der Waals surface area contributed by atoms with Crippen molar-refractivity contribution in [2.45, 2.75) is 44.8 Å². The molecule has 1 saturated heterocycles. The SMILES string of the molecule is CCCCOC(=O)NC1CCN(C(=O)c2ccc(C(F)(F)F)cc2)CC1. The summed E-state index contributed by atoms with van der Waals surface area (Å²) in [5.41, 5.74) is -0.554. The maximum atomic E-state index is 12.6. The fourth-order valence-electron chi connectivity index (χ4n) is 2.73. The lowest BCUT2D eigenvalue weighted by atomic mass is 10.0. The Labute approximate surface area is 150 Å². The first kappa shape index (κ1) is 20.1. The highest BCUT2D eigenvalue weighted by atomic mass is 19.4. The summed E-state index contributed by atoms with van der Waals surface area (Å²) >= 11 is 0. The lowest BCUT2D eigenvalue weighted by molar-refractivity contribution is -0.137. The summed E-state index contributed by atoms with van der Waals surface area (Å²) in [4.78, 5) is 25.6. The van der Waals surface area contributed by atoms with Gasteiger partial charge in [-0.25, -0.2) is 4.79 Å². The summed E-state index contributed by atoms with van der Waals surface area (Å²) in [6.45, 7) is 3.25. The van der Waals surface area contributed by atoms with Crippen molar-refractivity contribution in [3.05, 3.63) is 35.4 Å². The van der Waals surface area contributed by atoms with E-state index in [-0.39, 0.29) is 17.5 Å². The molecule has 0 spiro atoms. The third-order valence-corrected chi connectivity index (χ3v) is 4.29. The van der Waals surface area contributed by atoms with Crippen LogP contribution in [0.4, 0.5) is 18.0 Å². The highest BCUT2D eigenvalue weighted by Gasteiger charge is 2.31. The van der Waals surface area contributed by atoms with Crippen LogP contribution in [-0.2, 0) is 10.9 Å². The van der Waals surface area contributed by atoms with Crippen molar-refractivity contribution < 1.29 is 27.5 Å². The quantitative estimate of drug-likeness (QED) is 0.799. The molecule has 0 radical (unpaired) electrons. The number of hydrogen-bond acceptors (Lipinski definition) is 3. The van der Waals surface area contributed by atoms with Crippen LogP contribution in [0.25, 0.3) is 0 Å². The second-order valence-corrected chi connectivity index (χ2v) is 6.28. The number of alkyl halides is 3.